The number of anilines is 3. The van der Waals surface area contributed by atoms with Gasteiger partial charge in [0.05, 0.1) is 10.8 Å². The van der Waals surface area contributed by atoms with Crippen molar-refractivity contribution in [3.05, 3.63) is 293 Å². The van der Waals surface area contributed by atoms with Crippen molar-refractivity contribution in [2.24, 2.45) is 0 Å². The van der Waals surface area contributed by atoms with Crippen LogP contribution in [-0.2, 0) is 10.8 Å². The predicted molar refractivity (Wildman–Crippen MR) is 279 cm³/mol. The van der Waals surface area contributed by atoms with Crippen LogP contribution in [0.2, 0.25) is 0 Å². The number of hydrogen-bond donors (Lipinski definition) is 0. The highest BCUT2D eigenvalue weighted by molar-refractivity contribution is 5.98. The lowest BCUT2D eigenvalue weighted by atomic mass is 9.66. The van der Waals surface area contributed by atoms with Crippen LogP contribution in [0.15, 0.2) is 249 Å². The standard InChI is InChI=1S/C66H41NO2/c1-2-18-47-42(16-1)17-15-21-48(47)43-32-34-44(35-33-43)67(45-36-38-55-51(40-45)49-19-3-5-22-53(49)65(55)57-24-7-11-28-61(57)68-62-29-12-8-25-58(62)65)46-37-39-56-52(41-46)50-20-4-6-23-54(50)66(56)59-26-9-13-30-63(59)69-64-31-14-10-27-60(64)66/h1-41H. The van der Waals surface area contributed by atoms with E-state index < -0.39 is 10.8 Å². The number of hydrogen-bond acceptors (Lipinski definition) is 3. The van der Waals surface area contributed by atoms with Gasteiger partial charge < -0.3 is 14.4 Å². The highest BCUT2D eigenvalue weighted by atomic mass is 16.5. The molecule has 0 bridgehead atoms. The fraction of sp³-hybridized carbons (Fsp3) is 0.0303. The summed E-state index contributed by atoms with van der Waals surface area (Å²) in [5.74, 6) is 3.56. The number of fused-ring (bicyclic) bond motifs is 19. The molecule has 4 aliphatic rings. The van der Waals surface area contributed by atoms with Crippen molar-refractivity contribution in [3.8, 4) is 56.4 Å². The molecule has 0 N–H and O–H groups in total. The van der Waals surface area contributed by atoms with E-state index in [4.69, 9.17) is 9.47 Å². The molecular formula is C66H41NO2. The van der Waals surface area contributed by atoms with Crippen LogP contribution in [-0.4, -0.2) is 0 Å². The van der Waals surface area contributed by atoms with Crippen molar-refractivity contribution < 1.29 is 9.47 Å². The van der Waals surface area contributed by atoms with Crippen LogP contribution in [0.1, 0.15) is 44.5 Å². The van der Waals surface area contributed by atoms with Crippen LogP contribution in [0.25, 0.3) is 44.2 Å². The van der Waals surface area contributed by atoms with Gasteiger partial charge in [0.15, 0.2) is 0 Å². The highest BCUT2D eigenvalue weighted by Crippen LogP contribution is 2.64. The first kappa shape index (κ1) is 38.2. The Bertz CT molecular complexity index is 3650. The highest BCUT2D eigenvalue weighted by Gasteiger charge is 2.52. The number of rotatable bonds is 4. The third-order valence-corrected chi connectivity index (χ3v) is 15.4. The van der Waals surface area contributed by atoms with Crippen molar-refractivity contribution in [1.29, 1.82) is 0 Å². The summed E-state index contributed by atoms with van der Waals surface area (Å²) in [5.41, 5.74) is 19.1. The van der Waals surface area contributed by atoms with Gasteiger partial charge in [-0.05, 0) is 127 Å². The van der Waals surface area contributed by atoms with E-state index in [2.05, 4.69) is 254 Å². The van der Waals surface area contributed by atoms with E-state index in [0.717, 1.165) is 62.3 Å². The molecule has 11 aromatic carbocycles. The molecule has 0 radical (unpaired) electrons. The number of ether oxygens (including phenoxy) is 2. The summed E-state index contributed by atoms with van der Waals surface area (Å²) in [6, 6.07) is 90.9. The fourth-order valence-corrected chi connectivity index (χ4v) is 12.7. The molecule has 0 saturated heterocycles. The Labute approximate surface area is 400 Å². The first-order valence-electron chi connectivity index (χ1n) is 23.8. The molecule has 0 saturated carbocycles. The SMILES string of the molecule is c1ccc2c(c1)Oc1ccccc1C21c2ccccc2-c2cc(N(c3ccc(-c4cccc5ccccc45)cc3)c3ccc4c(c3)-c3ccccc3C43c4ccccc4Oc4ccccc43)ccc21. The molecule has 3 heteroatoms. The Kier molecular flexibility index (Phi) is 7.92. The molecule has 15 rings (SSSR count). The summed E-state index contributed by atoms with van der Waals surface area (Å²) in [5, 5.41) is 2.48. The Morgan fingerprint density at radius 3 is 1.12 bits per heavy atom. The molecular weight excluding hydrogens is 839 g/mol. The second-order valence-electron chi connectivity index (χ2n) is 18.6. The zero-order chi connectivity index (χ0) is 45.3. The number of nitrogens with zero attached hydrogens (tertiary/aromatic N) is 1. The van der Waals surface area contributed by atoms with E-state index in [-0.39, 0.29) is 0 Å². The van der Waals surface area contributed by atoms with Gasteiger partial charge in [0.25, 0.3) is 0 Å². The molecule has 2 spiro atoms. The average molecular weight is 880 g/mol. The van der Waals surface area contributed by atoms with Crippen molar-refractivity contribution in [2.75, 3.05) is 4.90 Å². The molecule has 11 aromatic rings. The minimum absolute atomic E-state index is 0.553. The Balaban J connectivity index is 0.964. The molecule has 2 aliphatic carbocycles. The monoisotopic (exact) mass is 879 g/mol. The minimum atomic E-state index is -0.553. The van der Waals surface area contributed by atoms with Crippen LogP contribution >= 0.6 is 0 Å². The third-order valence-electron chi connectivity index (χ3n) is 15.4. The van der Waals surface area contributed by atoms with Crippen molar-refractivity contribution >= 4 is 27.8 Å². The minimum Gasteiger partial charge on any atom is -0.457 e. The molecule has 322 valence electrons. The maximum absolute atomic E-state index is 6.66. The maximum atomic E-state index is 6.66. The van der Waals surface area contributed by atoms with Crippen LogP contribution in [0.4, 0.5) is 17.1 Å². The van der Waals surface area contributed by atoms with Crippen LogP contribution < -0.4 is 14.4 Å². The lowest BCUT2D eigenvalue weighted by molar-refractivity contribution is 0.436. The quantitative estimate of drug-likeness (QED) is 0.176. The van der Waals surface area contributed by atoms with E-state index in [1.807, 2.05) is 0 Å². The normalized spacial score (nSPS) is 14.3. The first-order valence-corrected chi connectivity index (χ1v) is 23.8. The van der Waals surface area contributed by atoms with Gasteiger partial charge in [-0.3, -0.25) is 0 Å². The molecule has 0 aromatic heterocycles. The van der Waals surface area contributed by atoms with E-state index in [9.17, 15) is 0 Å². The fourth-order valence-electron chi connectivity index (χ4n) is 12.7. The molecule has 0 amide bonds. The molecule has 0 atom stereocenters. The van der Waals surface area contributed by atoms with Crippen molar-refractivity contribution in [2.45, 2.75) is 10.8 Å². The summed E-state index contributed by atoms with van der Waals surface area (Å²) < 4.78 is 13.3. The predicted octanol–water partition coefficient (Wildman–Crippen LogP) is 16.9. The maximum Gasteiger partial charge on any atom is 0.132 e. The third kappa shape index (κ3) is 5.11. The number of para-hydroxylation sites is 4. The summed E-state index contributed by atoms with van der Waals surface area (Å²) in [6.07, 6.45) is 0. The van der Waals surface area contributed by atoms with Gasteiger partial charge in [-0.25, -0.2) is 0 Å². The summed E-state index contributed by atoms with van der Waals surface area (Å²) in [6.45, 7) is 0. The van der Waals surface area contributed by atoms with Gasteiger partial charge in [0.1, 0.15) is 23.0 Å². The summed E-state index contributed by atoms with van der Waals surface area (Å²) in [4.78, 5) is 2.45. The van der Waals surface area contributed by atoms with Gasteiger partial charge in [-0.2, -0.15) is 0 Å². The zero-order valence-electron chi connectivity index (χ0n) is 37.4. The Morgan fingerprint density at radius 1 is 0.261 bits per heavy atom. The molecule has 2 aliphatic heterocycles. The van der Waals surface area contributed by atoms with Gasteiger partial charge in [-0.1, -0.05) is 188 Å². The molecule has 69 heavy (non-hydrogen) atoms. The van der Waals surface area contributed by atoms with E-state index >= 15 is 0 Å². The van der Waals surface area contributed by atoms with Crippen molar-refractivity contribution in [1.82, 2.24) is 0 Å². The molecule has 0 unspecified atom stereocenters. The smallest absolute Gasteiger partial charge is 0.132 e. The van der Waals surface area contributed by atoms with Crippen LogP contribution in [0.5, 0.6) is 23.0 Å². The lowest BCUT2D eigenvalue weighted by Gasteiger charge is -2.39. The van der Waals surface area contributed by atoms with E-state index in [0.29, 0.717) is 0 Å². The average Bonchev–Trinajstić information content (AvgIpc) is 3.86. The van der Waals surface area contributed by atoms with Gasteiger partial charge in [-0.15, -0.1) is 0 Å². The second-order valence-corrected chi connectivity index (χ2v) is 18.6. The lowest BCUT2D eigenvalue weighted by Crippen LogP contribution is -2.32. The molecule has 0 fully saturated rings. The second kappa shape index (κ2) is 14.3. The van der Waals surface area contributed by atoms with Crippen LogP contribution in [0.3, 0.4) is 0 Å². The van der Waals surface area contributed by atoms with Gasteiger partial charge >= 0.3 is 0 Å². The zero-order valence-corrected chi connectivity index (χ0v) is 37.4. The van der Waals surface area contributed by atoms with Gasteiger partial charge in [0.2, 0.25) is 0 Å². The van der Waals surface area contributed by atoms with E-state index in [1.165, 1.54) is 66.4 Å². The van der Waals surface area contributed by atoms with E-state index in [1.54, 1.807) is 0 Å². The summed E-state index contributed by atoms with van der Waals surface area (Å²) in [7, 11) is 0. The Hall–Kier alpha value is -8.92. The van der Waals surface area contributed by atoms with Crippen molar-refractivity contribution in [3.63, 3.8) is 0 Å². The van der Waals surface area contributed by atoms with Gasteiger partial charge in [0, 0.05) is 39.3 Å². The first-order chi connectivity index (χ1) is 34.2. The summed E-state index contributed by atoms with van der Waals surface area (Å²) >= 11 is 0. The largest absolute Gasteiger partial charge is 0.457 e. The topological polar surface area (TPSA) is 21.7 Å². The Morgan fingerprint density at radius 2 is 0.623 bits per heavy atom. The molecule has 3 nitrogen and oxygen atoms in total. The number of benzene rings is 11. The van der Waals surface area contributed by atoms with Crippen LogP contribution in [0, 0.1) is 0 Å². The molecule has 2 heterocycles.